The van der Waals surface area contributed by atoms with Crippen LogP contribution in [0.1, 0.15) is 124 Å². The molecule has 0 amide bonds. The molecule has 170 valence electrons. The monoisotopic (exact) mass is 410 g/mol. The van der Waals surface area contributed by atoms with Gasteiger partial charge in [0, 0.05) is 0 Å². The van der Waals surface area contributed by atoms with E-state index in [-0.39, 0.29) is 12.1 Å². The number of carboxylic acid groups (broad SMARTS) is 1. The summed E-state index contributed by atoms with van der Waals surface area (Å²) >= 11 is 0. The molecule has 1 saturated carbocycles. The fourth-order valence-corrected chi connectivity index (χ4v) is 4.48. The van der Waals surface area contributed by atoms with Gasteiger partial charge in [0.25, 0.3) is 0 Å². The van der Waals surface area contributed by atoms with E-state index in [2.05, 4.69) is 20.8 Å². The van der Waals surface area contributed by atoms with E-state index in [9.17, 15) is 14.7 Å². The molecule has 3 unspecified atom stereocenters. The molecule has 1 rings (SSSR count). The van der Waals surface area contributed by atoms with E-state index in [4.69, 9.17) is 4.74 Å². The summed E-state index contributed by atoms with van der Waals surface area (Å²) < 4.78 is 5.92. The molecule has 0 bridgehead atoms. The normalized spacial score (nSPS) is 20.6. The van der Waals surface area contributed by atoms with E-state index in [1.807, 2.05) is 0 Å². The minimum atomic E-state index is -0.840. The van der Waals surface area contributed by atoms with Gasteiger partial charge in [-0.05, 0) is 44.4 Å². The Kier molecular flexibility index (Phi) is 14.1. The Morgan fingerprint density at radius 1 is 0.828 bits per heavy atom. The van der Waals surface area contributed by atoms with Crippen molar-refractivity contribution in [2.45, 2.75) is 130 Å². The van der Waals surface area contributed by atoms with Crippen LogP contribution in [-0.4, -0.2) is 23.1 Å². The van der Waals surface area contributed by atoms with Crippen molar-refractivity contribution in [1.82, 2.24) is 0 Å². The zero-order chi connectivity index (χ0) is 21.5. The van der Waals surface area contributed by atoms with Crippen molar-refractivity contribution in [3.8, 4) is 0 Å². The number of unbranched alkanes of at least 4 members (excludes halogenated alkanes) is 7. The number of hydrogen-bond acceptors (Lipinski definition) is 3. The lowest BCUT2D eigenvalue weighted by atomic mass is 9.79. The SMILES string of the molecule is CCCCCCCC(CCCCCCC(C)C)OC(=O)C1CCCCC1C(=O)O. The molecule has 0 aromatic rings. The second-order valence-electron chi connectivity index (χ2n) is 9.48. The van der Waals surface area contributed by atoms with Crippen molar-refractivity contribution < 1.29 is 19.4 Å². The van der Waals surface area contributed by atoms with Crippen molar-refractivity contribution in [2.75, 3.05) is 0 Å². The highest BCUT2D eigenvalue weighted by molar-refractivity contribution is 5.81. The Morgan fingerprint density at radius 3 is 1.86 bits per heavy atom. The van der Waals surface area contributed by atoms with Gasteiger partial charge in [-0.25, -0.2) is 0 Å². The lowest BCUT2D eigenvalue weighted by Gasteiger charge is -2.29. The molecule has 0 aromatic carbocycles. The van der Waals surface area contributed by atoms with E-state index in [0.717, 1.165) is 44.4 Å². The minimum Gasteiger partial charge on any atom is -0.481 e. The largest absolute Gasteiger partial charge is 0.481 e. The maximum Gasteiger partial charge on any atom is 0.310 e. The molecule has 4 heteroatoms. The van der Waals surface area contributed by atoms with Gasteiger partial charge in [0.2, 0.25) is 0 Å². The van der Waals surface area contributed by atoms with Gasteiger partial charge in [-0.2, -0.15) is 0 Å². The standard InChI is InChI=1S/C25H46O4/c1-4-5-6-7-11-16-21(17-12-9-8-10-15-20(2)3)29-25(28)23-19-14-13-18-22(23)24(26)27/h20-23H,4-19H2,1-3H3,(H,26,27). The summed E-state index contributed by atoms with van der Waals surface area (Å²) in [7, 11) is 0. The van der Waals surface area contributed by atoms with Crippen LogP contribution in [0.4, 0.5) is 0 Å². The van der Waals surface area contributed by atoms with Gasteiger partial charge in [0.05, 0.1) is 11.8 Å². The van der Waals surface area contributed by atoms with Crippen molar-refractivity contribution >= 4 is 11.9 Å². The maximum absolute atomic E-state index is 12.8. The third-order valence-electron chi connectivity index (χ3n) is 6.36. The predicted molar refractivity (Wildman–Crippen MR) is 119 cm³/mol. The number of aliphatic carboxylic acids is 1. The molecule has 1 fully saturated rings. The van der Waals surface area contributed by atoms with E-state index >= 15 is 0 Å². The van der Waals surface area contributed by atoms with Gasteiger partial charge in [0.1, 0.15) is 6.10 Å². The van der Waals surface area contributed by atoms with Crippen LogP contribution in [-0.2, 0) is 14.3 Å². The molecule has 4 nitrogen and oxygen atoms in total. The summed E-state index contributed by atoms with van der Waals surface area (Å²) in [6.07, 6.45) is 17.0. The van der Waals surface area contributed by atoms with Gasteiger partial charge < -0.3 is 9.84 Å². The summed E-state index contributed by atoms with van der Waals surface area (Å²) in [6, 6.07) is 0. The van der Waals surface area contributed by atoms with Crippen LogP contribution in [0.25, 0.3) is 0 Å². The third-order valence-corrected chi connectivity index (χ3v) is 6.36. The van der Waals surface area contributed by atoms with Crippen LogP contribution >= 0.6 is 0 Å². The summed E-state index contributed by atoms with van der Waals surface area (Å²) in [5.74, 6) is -1.33. The molecule has 1 N–H and O–H groups in total. The number of ether oxygens (including phenoxy) is 1. The first-order valence-corrected chi connectivity index (χ1v) is 12.4. The number of carbonyl (C=O) groups excluding carboxylic acids is 1. The molecule has 1 aliphatic carbocycles. The summed E-state index contributed by atoms with van der Waals surface area (Å²) in [4.78, 5) is 24.3. The highest BCUT2D eigenvalue weighted by atomic mass is 16.5. The van der Waals surface area contributed by atoms with Crippen LogP contribution in [0.2, 0.25) is 0 Å². The number of esters is 1. The Hall–Kier alpha value is -1.06. The van der Waals surface area contributed by atoms with Gasteiger partial charge in [-0.15, -0.1) is 0 Å². The molecule has 29 heavy (non-hydrogen) atoms. The molecule has 0 heterocycles. The average molecular weight is 411 g/mol. The summed E-state index contributed by atoms with van der Waals surface area (Å²) in [6.45, 7) is 6.75. The van der Waals surface area contributed by atoms with Gasteiger partial charge >= 0.3 is 11.9 Å². The average Bonchev–Trinajstić information content (AvgIpc) is 2.69. The zero-order valence-electron chi connectivity index (χ0n) is 19.3. The first-order chi connectivity index (χ1) is 14.0. The predicted octanol–water partition coefficient (Wildman–Crippen LogP) is 7.15. The molecule has 0 radical (unpaired) electrons. The Bertz CT molecular complexity index is 446. The molecule has 0 aliphatic heterocycles. The highest BCUT2D eigenvalue weighted by Gasteiger charge is 2.37. The zero-order valence-corrected chi connectivity index (χ0v) is 19.3. The molecular weight excluding hydrogens is 364 g/mol. The molecule has 0 saturated heterocycles. The Balaban J connectivity index is 2.48. The van der Waals surface area contributed by atoms with Gasteiger partial charge in [0.15, 0.2) is 0 Å². The molecule has 3 atom stereocenters. The highest BCUT2D eigenvalue weighted by Crippen LogP contribution is 2.32. The van der Waals surface area contributed by atoms with Crippen LogP contribution in [0.15, 0.2) is 0 Å². The van der Waals surface area contributed by atoms with Crippen molar-refractivity contribution in [2.24, 2.45) is 17.8 Å². The second-order valence-corrected chi connectivity index (χ2v) is 9.48. The lowest BCUT2D eigenvalue weighted by molar-refractivity contribution is -0.164. The number of carbonyl (C=O) groups is 2. The topological polar surface area (TPSA) is 63.6 Å². The van der Waals surface area contributed by atoms with Crippen molar-refractivity contribution in [3.05, 3.63) is 0 Å². The smallest absolute Gasteiger partial charge is 0.310 e. The summed E-state index contributed by atoms with van der Waals surface area (Å²) in [5.41, 5.74) is 0. The van der Waals surface area contributed by atoms with E-state index in [1.54, 1.807) is 0 Å². The molecule has 1 aliphatic rings. The van der Waals surface area contributed by atoms with Crippen LogP contribution in [0.3, 0.4) is 0 Å². The fourth-order valence-electron chi connectivity index (χ4n) is 4.48. The number of rotatable bonds is 16. The van der Waals surface area contributed by atoms with E-state index < -0.39 is 17.8 Å². The van der Waals surface area contributed by atoms with E-state index in [0.29, 0.717) is 12.8 Å². The molecular formula is C25H46O4. The van der Waals surface area contributed by atoms with Crippen LogP contribution in [0, 0.1) is 17.8 Å². The second kappa shape index (κ2) is 15.7. The van der Waals surface area contributed by atoms with Gasteiger partial charge in [-0.3, -0.25) is 9.59 Å². The quantitative estimate of drug-likeness (QED) is 0.217. The first kappa shape index (κ1) is 26.0. The lowest BCUT2D eigenvalue weighted by Crippen LogP contribution is -2.35. The van der Waals surface area contributed by atoms with Crippen LogP contribution in [0.5, 0.6) is 0 Å². The van der Waals surface area contributed by atoms with Gasteiger partial charge in [-0.1, -0.05) is 85.0 Å². The fraction of sp³-hybridized carbons (Fsp3) is 0.920. The van der Waals surface area contributed by atoms with Crippen molar-refractivity contribution in [1.29, 1.82) is 0 Å². The maximum atomic E-state index is 12.8. The first-order valence-electron chi connectivity index (χ1n) is 12.4. The van der Waals surface area contributed by atoms with E-state index in [1.165, 1.54) is 51.4 Å². The van der Waals surface area contributed by atoms with Crippen LogP contribution < -0.4 is 0 Å². The Morgan fingerprint density at radius 2 is 1.34 bits per heavy atom. The van der Waals surface area contributed by atoms with Crippen molar-refractivity contribution in [3.63, 3.8) is 0 Å². The Labute approximate surface area is 179 Å². The summed E-state index contributed by atoms with van der Waals surface area (Å²) in [5, 5.41) is 9.47. The number of carboxylic acids is 1. The molecule has 0 spiro atoms. The third kappa shape index (κ3) is 11.6. The number of hydrogen-bond donors (Lipinski definition) is 1. The minimum absolute atomic E-state index is 0.0365. The molecule has 0 aromatic heterocycles.